The second-order valence-electron chi connectivity index (χ2n) is 9.75. The summed E-state index contributed by atoms with van der Waals surface area (Å²) in [7, 11) is -2.55. The molecule has 0 aliphatic rings. The Bertz CT molecular complexity index is 1530. The molecule has 4 aromatic rings. The molecular formula is C31H34N2O4S. The van der Waals surface area contributed by atoms with E-state index in [2.05, 4.69) is 36.5 Å². The second kappa shape index (κ2) is 11.7. The van der Waals surface area contributed by atoms with Gasteiger partial charge in [-0.05, 0) is 72.4 Å². The maximum atomic E-state index is 13.8. The number of hydrogen-bond donors (Lipinski definition) is 1. The van der Waals surface area contributed by atoms with E-state index in [0.29, 0.717) is 18.0 Å². The van der Waals surface area contributed by atoms with Gasteiger partial charge in [-0.1, -0.05) is 73.2 Å². The first-order valence-corrected chi connectivity index (χ1v) is 14.1. The van der Waals surface area contributed by atoms with E-state index < -0.39 is 10.0 Å². The van der Waals surface area contributed by atoms with Gasteiger partial charge >= 0.3 is 0 Å². The highest BCUT2D eigenvalue weighted by Gasteiger charge is 2.29. The summed E-state index contributed by atoms with van der Waals surface area (Å²) in [4.78, 5) is 13.3. The summed E-state index contributed by atoms with van der Waals surface area (Å²) in [5, 5.41) is 5.34. The number of rotatable bonds is 10. The third-order valence-electron chi connectivity index (χ3n) is 6.60. The predicted molar refractivity (Wildman–Crippen MR) is 153 cm³/mol. The fourth-order valence-corrected chi connectivity index (χ4v) is 5.95. The number of fused-ring (bicyclic) bond motifs is 1. The van der Waals surface area contributed by atoms with Crippen LogP contribution in [0.3, 0.4) is 0 Å². The van der Waals surface area contributed by atoms with Crippen LogP contribution >= 0.6 is 0 Å². The van der Waals surface area contributed by atoms with Crippen molar-refractivity contribution in [3.05, 3.63) is 102 Å². The molecule has 0 bridgehead atoms. The van der Waals surface area contributed by atoms with Crippen LogP contribution in [0.15, 0.2) is 89.8 Å². The highest BCUT2D eigenvalue weighted by atomic mass is 32.2. The minimum Gasteiger partial charge on any atom is -0.495 e. The summed E-state index contributed by atoms with van der Waals surface area (Å²) in [5.74, 6) is 0.151. The van der Waals surface area contributed by atoms with Gasteiger partial charge in [0.25, 0.3) is 10.0 Å². The highest BCUT2D eigenvalue weighted by molar-refractivity contribution is 7.92. The molecule has 0 fully saturated rings. The number of nitrogens with zero attached hydrogens (tertiary/aromatic N) is 1. The Morgan fingerprint density at radius 1 is 0.921 bits per heavy atom. The van der Waals surface area contributed by atoms with Crippen LogP contribution in [0.2, 0.25) is 0 Å². The Hall–Kier alpha value is -3.84. The molecule has 1 atom stereocenters. The minimum atomic E-state index is -4.03. The molecule has 0 aromatic heterocycles. The topological polar surface area (TPSA) is 75.7 Å². The van der Waals surface area contributed by atoms with Crippen molar-refractivity contribution in [2.24, 2.45) is 5.92 Å². The quantitative estimate of drug-likeness (QED) is 0.287. The van der Waals surface area contributed by atoms with Crippen molar-refractivity contribution in [3.8, 4) is 5.75 Å². The van der Waals surface area contributed by atoms with Gasteiger partial charge in [-0.25, -0.2) is 8.42 Å². The summed E-state index contributed by atoms with van der Waals surface area (Å²) in [6, 6.07) is 26.4. The molecule has 0 saturated heterocycles. The van der Waals surface area contributed by atoms with Gasteiger partial charge in [-0.2, -0.15) is 0 Å². The zero-order valence-corrected chi connectivity index (χ0v) is 23.1. The first kappa shape index (κ1) is 27.2. The number of methoxy groups -OCH3 is 1. The maximum Gasteiger partial charge on any atom is 0.264 e. The van der Waals surface area contributed by atoms with Gasteiger partial charge in [-0.3, -0.25) is 9.10 Å². The molecule has 7 heteroatoms. The van der Waals surface area contributed by atoms with Crippen LogP contribution in [-0.2, 0) is 21.2 Å². The Kier molecular flexibility index (Phi) is 8.37. The largest absolute Gasteiger partial charge is 0.495 e. The summed E-state index contributed by atoms with van der Waals surface area (Å²) < 4.78 is 34.1. The number of aryl methyl sites for hydroxylation is 2. The van der Waals surface area contributed by atoms with E-state index in [1.165, 1.54) is 23.4 Å². The Labute approximate surface area is 225 Å². The summed E-state index contributed by atoms with van der Waals surface area (Å²) in [6.07, 6.45) is 0.790. The maximum absolute atomic E-state index is 13.8. The van der Waals surface area contributed by atoms with Gasteiger partial charge in [0.15, 0.2) is 0 Å². The summed E-state index contributed by atoms with van der Waals surface area (Å²) in [6.45, 7) is 5.90. The Balaban J connectivity index is 1.54. The number of ether oxygens (including phenoxy) is 1. The second-order valence-corrected chi connectivity index (χ2v) is 11.6. The van der Waals surface area contributed by atoms with E-state index >= 15 is 0 Å². The SMILES string of the molecule is COc1ccc(C)cc1N(CC(=O)NCC(C)Cc1cccc2ccccc12)S(=O)(=O)c1ccc(C)cc1. The normalized spacial score (nSPS) is 12.2. The highest BCUT2D eigenvalue weighted by Crippen LogP contribution is 2.33. The molecule has 38 heavy (non-hydrogen) atoms. The van der Waals surface area contributed by atoms with Crippen molar-refractivity contribution in [1.29, 1.82) is 0 Å². The average Bonchev–Trinajstić information content (AvgIpc) is 2.91. The molecule has 0 aliphatic carbocycles. The van der Waals surface area contributed by atoms with E-state index in [1.54, 1.807) is 36.4 Å². The smallest absolute Gasteiger partial charge is 0.264 e. The molecule has 1 amide bonds. The minimum absolute atomic E-state index is 0.115. The first-order chi connectivity index (χ1) is 18.2. The zero-order chi connectivity index (χ0) is 27.3. The molecule has 198 valence electrons. The van der Waals surface area contributed by atoms with Crippen LogP contribution in [-0.4, -0.2) is 34.5 Å². The number of carbonyl (C=O) groups excluding carboxylic acids is 1. The molecule has 0 spiro atoms. The number of benzene rings is 4. The van der Waals surface area contributed by atoms with E-state index in [1.807, 2.05) is 38.1 Å². The molecule has 4 aromatic carbocycles. The third-order valence-corrected chi connectivity index (χ3v) is 8.37. The van der Waals surface area contributed by atoms with Crippen LogP contribution in [0.4, 0.5) is 5.69 Å². The van der Waals surface area contributed by atoms with E-state index in [9.17, 15) is 13.2 Å². The lowest BCUT2D eigenvalue weighted by molar-refractivity contribution is -0.119. The molecule has 0 aliphatic heterocycles. The molecular weight excluding hydrogens is 496 g/mol. The van der Waals surface area contributed by atoms with E-state index in [0.717, 1.165) is 21.9 Å². The zero-order valence-electron chi connectivity index (χ0n) is 22.3. The molecule has 1 unspecified atom stereocenters. The first-order valence-electron chi connectivity index (χ1n) is 12.7. The summed E-state index contributed by atoms with van der Waals surface area (Å²) in [5.41, 5.74) is 3.35. The van der Waals surface area contributed by atoms with Crippen molar-refractivity contribution in [1.82, 2.24) is 5.32 Å². The molecule has 0 radical (unpaired) electrons. The predicted octanol–water partition coefficient (Wildman–Crippen LogP) is 5.66. The number of nitrogens with one attached hydrogen (secondary N) is 1. The number of anilines is 1. The van der Waals surface area contributed by atoms with E-state index in [4.69, 9.17) is 4.74 Å². The van der Waals surface area contributed by atoms with Crippen LogP contribution in [0, 0.1) is 19.8 Å². The fourth-order valence-electron chi connectivity index (χ4n) is 4.52. The number of carbonyl (C=O) groups is 1. The van der Waals surface area contributed by atoms with Gasteiger partial charge in [0.05, 0.1) is 17.7 Å². The van der Waals surface area contributed by atoms with Crippen molar-refractivity contribution in [3.63, 3.8) is 0 Å². The van der Waals surface area contributed by atoms with Crippen LogP contribution < -0.4 is 14.4 Å². The lowest BCUT2D eigenvalue weighted by atomic mass is 9.96. The number of sulfonamides is 1. The van der Waals surface area contributed by atoms with Gasteiger partial charge in [-0.15, -0.1) is 0 Å². The van der Waals surface area contributed by atoms with Crippen LogP contribution in [0.1, 0.15) is 23.6 Å². The number of amides is 1. The van der Waals surface area contributed by atoms with Crippen LogP contribution in [0.25, 0.3) is 10.8 Å². The van der Waals surface area contributed by atoms with E-state index in [-0.39, 0.29) is 23.3 Å². The molecule has 6 nitrogen and oxygen atoms in total. The monoisotopic (exact) mass is 530 g/mol. The lowest BCUT2D eigenvalue weighted by Crippen LogP contribution is -2.42. The standard InChI is InChI=1S/C31H34N2O4S/c1-22-12-15-27(16-13-22)38(35,36)33(29-19-23(2)14-17-30(29)37-4)21-31(34)32-20-24(3)18-26-10-7-9-25-8-5-6-11-28(25)26/h5-17,19,24H,18,20-21H2,1-4H3,(H,32,34). The van der Waals surface area contributed by atoms with Gasteiger partial charge in [0.2, 0.25) is 5.91 Å². The van der Waals surface area contributed by atoms with Crippen molar-refractivity contribution in [2.45, 2.75) is 32.1 Å². The fraction of sp³-hybridized carbons (Fsp3) is 0.258. The van der Waals surface area contributed by atoms with Crippen LogP contribution in [0.5, 0.6) is 5.75 Å². The van der Waals surface area contributed by atoms with Crippen molar-refractivity contribution in [2.75, 3.05) is 24.5 Å². The third kappa shape index (κ3) is 6.17. The molecule has 0 heterocycles. The molecule has 1 N–H and O–H groups in total. The van der Waals surface area contributed by atoms with Gasteiger partial charge < -0.3 is 10.1 Å². The summed E-state index contributed by atoms with van der Waals surface area (Å²) >= 11 is 0. The average molecular weight is 531 g/mol. The number of hydrogen-bond acceptors (Lipinski definition) is 4. The Morgan fingerprint density at radius 2 is 1.61 bits per heavy atom. The van der Waals surface area contributed by atoms with Crippen molar-refractivity contribution >= 4 is 32.4 Å². The lowest BCUT2D eigenvalue weighted by Gasteiger charge is -2.26. The Morgan fingerprint density at radius 3 is 2.34 bits per heavy atom. The molecule has 0 saturated carbocycles. The molecule has 4 rings (SSSR count). The van der Waals surface area contributed by atoms with Crippen molar-refractivity contribution < 1.29 is 17.9 Å². The van der Waals surface area contributed by atoms with Gasteiger partial charge in [0.1, 0.15) is 12.3 Å². The van der Waals surface area contributed by atoms with Gasteiger partial charge in [0, 0.05) is 6.54 Å².